The van der Waals surface area contributed by atoms with Gasteiger partial charge in [0.1, 0.15) is 5.75 Å². The van der Waals surface area contributed by atoms with Crippen LogP contribution in [0.4, 0.5) is 5.69 Å². The maximum Gasteiger partial charge on any atom is 0.256 e. The van der Waals surface area contributed by atoms with E-state index in [0.29, 0.717) is 5.56 Å². The quantitative estimate of drug-likeness (QED) is 0.487. The first-order chi connectivity index (χ1) is 14.0. The monoisotopic (exact) mass is 382 g/mol. The minimum atomic E-state index is -0.148. The summed E-state index contributed by atoms with van der Waals surface area (Å²) in [5.74, 6) is 0.632. The van der Waals surface area contributed by atoms with Crippen molar-refractivity contribution in [2.75, 3.05) is 12.4 Å². The smallest absolute Gasteiger partial charge is 0.256 e. The molecule has 1 N–H and O–H groups in total. The highest BCUT2D eigenvalue weighted by molar-refractivity contribution is 6.13. The number of aromatic nitrogens is 1. The minimum absolute atomic E-state index is 0.148. The molecule has 0 saturated heterocycles. The SMILES string of the molecule is COc1ccc(-c2cc(C(=O)Nc3ccc(C)cc3C)c3ccccc3n2)cc1. The van der Waals surface area contributed by atoms with Crippen molar-refractivity contribution in [2.24, 2.45) is 0 Å². The van der Waals surface area contributed by atoms with E-state index in [1.165, 1.54) is 0 Å². The number of hydrogen-bond acceptors (Lipinski definition) is 3. The number of carbonyl (C=O) groups excluding carboxylic acids is 1. The zero-order valence-corrected chi connectivity index (χ0v) is 16.7. The van der Waals surface area contributed by atoms with Crippen molar-refractivity contribution >= 4 is 22.5 Å². The molecular weight excluding hydrogens is 360 g/mol. The van der Waals surface area contributed by atoms with Crippen molar-refractivity contribution in [2.45, 2.75) is 13.8 Å². The average molecular weight is 382 g/mol. The van der Waals surface area contributed by atoms with Crippen LogP contribution >= 0.6 is 0 Å². The predicted octanol–water partition coefficient (Wildman–Crippen LogP) is 5.78. The van der Waals surface area contributed by atoms with Gasteiger partial charge in [0.25, 0.3) is 5.91 Å². The van der Waals surface area contributed by atoms with Gasteiger partial charge in [-0.2, -0.15) is 0 Å². The molecule has 0 bridgehead atoms. The molecule has 1 heterocycles. The molecule has 0 spiro atoms. The number of fused-ring (bicyclic) bond motifs is 1. The Hall–Kier alpha value is -3.66. The number of carbonyl (C=O) groups is 1. The first-order valence-corrected chi connectivity index (χ1v) is 9.48. The third-order valence-electron chi connectivity index (χ3n) is 4.98. The molecule has 3 aromatic carbocycles. The van der Waals surface area contributed by atoms with Gasteiger partial charge >= 0.3 is 0 Å². The summed E-state index contributed by atoms with van der Waals surface area (Å²) in [6, 6.07) is 23.2. The molecule has 0 radical (unpaired) electrons. The topological polar surface area (TPSA) is 51.2 Å². The third kappa shape index (κ3) is 3.83. The fourth-order valence-electron chi connectivity index (χ4n) is 3.42. The van der Waals surface area contributed by atoms with E-state index in [-0.39, 0.29) is 5.91 Å². The van der Waals surface area contributed by atoms with Crippen molar-refractivity contribution in [1.82, 2.24) is 4.98 Å². The van der Waals surface area contributed by atoms with Gasteiger partial charge in [-0.15, -0.1) is 0 Å². The number of amides is 1. The van der Waals surface area contributed by atoms with Crippen LogP contribution in [0.25, 0.3) is 22.2 Å². The number of aryl methyl sites for hydroxylation is 2. The Balaban J connectivity index is 1.78. The molecule has 1 aromatic heterocycles. The number of nitrogens with one attached hydrogen (secondary N) is 1. The zero-order valence-electron chi connectivity index (χ0n) is 16.7. The molecular formula is C25H22N2O2. The van der Waals surface area contributed by atoms with E-state index in [1.807, 2.05) is 80.6 Å². The lowest BCUT2D eigenvalue weighted by atomic mass is 10.0. The summed E-state index contributed by atoms with van der Waals surface area (Å²) in [4.78, 5) is 17.9. The summed E-state index contributed by atoms with van der Waals surface area (Å²) < 4.78 is 5.24. The highest BCUT2D eigenvalue weighted by Gasteiger charge is 2.15. The summed E-state index contributed by atoms with van der Waals surface area (Å²) in [5.41, 5.74) is 6.07. The Labute approximate surface area is 170 Å². The Bertz CT molecular complexity index is 1200. The molecule has 144 valence electrons. The molecule has 0 aliphatic rings. The molecule has 0 fully saturated rings. The molecule has 0 unspecified atom stereocenters. The lowest BCUT2D eigenvalue weighted by Crippen LogP contribution is -2.14. The van der Waals surface area contributed by atoms with Gasteiger partial charge in [0.15, 0.2) is 0 Å². The number of hydrogen-bond donors (Lipinski definition) is 1. The number of para-hydroxylation sites is 1. The summed E-state index contributed by atoms with van der Waals surface area (Å²) in [5, 5.41) is 3.88. The van der Waals surface area contributed by atoms with Crippen LogP contribution in [-0.2, 0) is 0 Å². The predicted molar refractivity (Wildman–Crippen MR) is 118 cm³/mol. The van der Waals surface area contributed by atoms with Crippen molar-refractivity contribution in [1.29, 1.82) is 0 Å². The highest BCUT2D eigenvalue weighted by Crippen LogP contribution is 2.27. The largest absolute Gasteiger partial charge is 0.497 e. The van der Waals surface area contributed by atoms with E-state index in [0.717, 1.165) is 44.7 Å². The van der Waals surface area contributed by atoms with Gasteiger partial charge in [-0.1, -0.05) is 35.9 Å². The van der Waals surface area contributed by atoms with Crippen LogP contribution in [0.3, 0.4) is 0 Å². The molecule has 4 heteroatoms. The Kier molecular flexibility index (Phi) is 5.00. The molecule has 4 aromatic rings. The number of ether oxygens (including phenoxy) is 1. The van der Waals surface area contributed by atoms with E-state index >= 15 is 0 Å². The first-order valence-electron chi connectivity index (χ1n) is 9.48. The lowest BCUT2D eigenvalue weighted by Gasteiger charge is -2.12. The Morgan fingerprint density at radius 3 is 2.41 bits per heavy atom. The van der Waals surface area contributed by atoms with Crippen LogP contribution in [0, 0.1) is 13.8 Å². The van der Waals surface area contributed by atoms with Crippen molar-refractivity contribution < 1.29 is 9.53 Å². The van der Waals surface area contributed by atoms with Gasteiger partial charge in [-0.25, -0.2) is 4.98 Å². The number of benzene rings is 3. The summed E-state index contributed by atoms with van der Waals surface area (Å²) in [7, 11) is 1.64. The standard InChI is InChI=1S/C25H22N2O2/c1-16-8-13-22(17(2)14-16)27-25(28)21-15-24(18-9-11-19(29-3)12-10-18)26-23-7-5-4-6-20(21)23/h4-15H,1-3H3,(H,27,28). The third-order valence-corrected chi connectivity index (χ3v) is 4.98. The fraction of sp³-hybridized carbons (Fsp3) is 0.120. The molecule has 0 saturated carbocycles. The van der Waals surface area contributed by atoms with E-state index in [9.17, 15) is 4.79 Å². The fourth-order valence-corrected chi connectivity index (χ4v) is 3.42. The van der Waals surface area contributed by atoms with Crippen molar-refractivity contribution in [3.8, 4) is 17.0 Å². The van der Waals surface area contributed by atoms with Gasteiger partial charge in [0.05, 0.1) is 23.9 Å². The molecule has 0 aliphatic heterocycles. The van der Waals surface area contributed by atoms with Gasteiger partial charge in [-0.05, 0) is 61.9 Å². The second-order valence-electron chi connectivity index (χ2n) is 7.07. The maximum absolute atomic E-state index is 13.2. The summed E-state index contributed by atoms with van der Waals surface area (Å²) in [6.07, 6.45) is 0. The number of nitrogens with zero attached hydrogens (tertiary/aromatic N) is 1. The molecule has 4 rings (SSSR count). The summed E-state index contributed by atoms with van der Waals surface area (Å²) >= 11 is 0. The van der Waals surface area contributed by atoms with Gasteiger partial charge < -0.3 is 10.1 Å². The maximum atomic E-state index is 13.2. The van der Waals surface area contributed by atoms with Gasteiger partial charge in [0.2, 0.25) is 0 Å². The second kappa shape index (κ2) is 7.76. The lowest BCUT2D eigenvalue weighted by molar-refractivity contribution is 0.102. The second-order valence-corrected chi connectivity index (χ2v) is 7.07. The van der Waals surface area contributed by atoms with E-state index in [4.69, 9.17) is 9.72 Å². The van der Waals surface area contributed by atoms with E-state index < -0.39 is 0 Å². The molecule has 29 heavy (non-hydrogen) atoms. The van der Waals surface area contributed by atoms with Crippen LogP contribution < -0.4 is 10.1 Å². The first kappa shape index (κ1) is 18.7. The van der Waals surface area contributed by atoms with Crippen LogP contribution in [0.1, 0.15) is 21.5 Å². The van der Waals surface area contributed by atoms with Gasteiger partial charge in [-0.3, -0.25) is 4.79 Å². The summed E-state index contributed by atoms with van der Waals surface area (Å²) in [6.45, 7) is 4.03. The van der Waals surface area contributed by atoms with Gasteiger partial charge in [0, 0.05) is 16.6 Å². The number of rotatable bonds is 4. The number of pyridine rings is 1. The Morgan fingerprint density at radius 2 is 1.69 bits per heavy atom. The molecule has 1 amide bonds. The van der Waals surface area contributed by atoms with E-state index in [2.05, 4.69) is 11.4 Å². The van der Waals surface area contributed by atoms with Crippen LogP contribution in [0.5, 0.6) is 5.75 Å². The van der Waals surface area contributed by atoms with Crippen molar-refractivity contribution in [3.05, 3.63) is 89.5 Å². The Morgan fingerprint density at radius 1 is 0.931 bits per heavy atom. The average Bonchev–Trinajstić information content (AvgIpc) is 2.75. The van der Waals surface area contributed by atoms with Crippen LogP contribution in [0.15, 0.2) is 72.8 Å². The van der Waals surface area contributed by atoms with Crippen LogP contribution in [0.2, 0.25) is 0 Å². The normalized spacial score (nSPS) is 10.7. The number of anilines is 1. The number of methoxy groups -OCH3 is 1. The molecule has 0 atom stereocenters. The van der Waals surface area contributed by atoms with E-state index in [1.54, 1.807) is 7.11 Å². The molecule has 0 aliphatic carbocycles. The zero-order chi connectivity index (χ0) is 20.4. The molecule has 4 nitrogen and oxygen atoms in total. The minimum Gasteiger partial charge on any atom is -0.497 e. The van der Waals surface area contributed by atoms with Crippen LogP contribution in [-0.4, -0.2) is 18.0 Å². The van der Waals surface area contributed by atoms with Crippen molar-refractivity contribution in [3.63, 3.8) is 0 Å². The highest BCUT2D eigenvalue weighted by atomic mass is 16.5.